The Labute approximate surface area is 143 Å². The number of carbonyl (C=O) groups excluding carboxylic acids is 1. The van der Waals surface area contributed by atoms with Gasteiger partial charge >= 0.3 is 0 Å². The summed E-state index contributed by atoms with van der Waals surface area (Å²) in [5.74, 6) is 4.51. The van der Waals surface area contributed by atoms with Gasteiger partial charge in [0.1, 0.15) is 5.82 Å². The van der Waals surface area contributed by atoms with Crippen molar-refractivity contribution in [2.45, 2.75) is 51.4 Å². The molecule has 1 aromatic heterocycles. The third-order valence-corrected chi connectivity index (χ3v) is 6.78. The monoisotopic (exact) mass is 326 g/mol. The number of carbonyl (C=O) groups is 1. The highest BCUT2D eigenvalue weighted by atomic mass is 16.2. The summed E-state index contributed by atoms with van der Waals surface area (Å²) in [6.45, 7) is 1.78. The fourth-order valence-corrected chi connectivity index (χ4v) is 6.25. The maximum absolute atomic E-state index is 11.9. The lowest BCUT2D eigenvalue weighted by Crippen LogP contribution is -2.49. The number of nitrogens with zero attached hydrogens (tertiary/aromatic N) is 3. The molecule has 1 aromatic rings. The van der Waals surface area contributed by atoms with E-state index in [9.17, 15) is 4.79 Å². The molecule has 5 aliphatic rings. The van der Waals surface area contributed by atoms with Gasteiger partial charge in [0.05, 0.1) is 0 Å². The third kappa shape index (κ3) is 2.49. The first-order valence-electron chi connectivity index (χ1n) is 9.56. The smallest absolute Gasteiger partial charge is 0.228 e. The highest BCUT2D eigenvalue weighted by Gasteiger charge is 2.50. The third-order valence-electron chi connectivity index (χ3n) is 6.78. The van der Waals surface area contributed by atoms with Gasteiger partial charge in [0.25, 0.3) is 0 Å². The fourth-order valence-electron chi connectivity index (χ4n) is 6.25. The zero-order valence-electron chi connectivity index (χ0n) is 14.2. The Hall–Kier alpha value is -1.65. The van der Waals surface area contributed by atoms with E-state index in [0.717, 1.165) is 43.1 Å². The first kappa shape index (κ1) is 14.7. The molecule has 2 heterocycles. The lowest BCUT2D eigenvalue weighted by atomic mass is 9.49. The van der Waals surface area contributed by atoms with Crippen LogP contribution >= 0.6 is 0 Å². The van der Waals surface area contributed by atoms with Crippen LogP contribution in [0.5, 0.6) is 0 Å². The zero-order chi connectivity index (χ0) is 16.1. The Morgan fingerprint density at radius 2 is 1.88 bits per heavy atom. The molecular formula is C19H26N4O. The van der Waals surface area contributed by atoms with Gasteiger partial charge in [0, 0.05) is 25.7 Å². The van der Waals surface area contributed by atoms with E-state index in [1.54, 1.807) is 11.1 Å². The summed E-state index contributed by atoms with van der Waals surface area (Å²) in [6, 6.07) is 1.85. The minimum atomic E-state index is 0.181. The summed E-state index contributed by atoms with van der Waals surface area (Å²) in [5.41, 5.74) is 0.470. The van der Waals surface area contributed by atoms with E-state index in [-0.39, 0.29) is 5.91 Å². The van der Waals surface area contributed by atoms with E-state index >= 15 is 0 Å². The van der Waals surface area contributed by atoms with E-state index in [0.29, 0.717) is 17.8 Å². The van der Waals surface area contributed by atoms with Crippen molar-refractivity contribution in [1.82, 2.24) is 9.97 Å². The molecule has 0 aromatic carbocycles. The maximum Gasteiger partial charge on any atom is 0.228 e. The average Bonchev–Trinajstić information content (AvgIpc) is 2.98. The molecule has 1 amide bonds. The Morgan fingerprint density at radius 3 is 2.50 bits per heavy atom. The fraction of sp³-hybridized carbons (Fsp3) is 0.737. The quantitative estimate of drug-likeness (QED) is 0.923. The van der Waals surface area contributed by atoms with Gasteiger partial charge in [0.15, 0.2) is 0 Å². The van der Waals surface area contributed by atoms with Crippen LogP contribution in [-0.4, -0.2) is 29.0 Å². The van der Waals surface area contributed by atoms with Crippen molar-refractivity contribution in [1.29, 1.82) is 0 Å². The van der Waals surface area contributed by atoms with Crippen molar-refractivity contribution in [2.75, 3.05) is 23.3 Å². The highest BCUT2D eigenvalue weighted by molar-refractivity contribution is 5.94. The second-order valence-electron chi connectivity index (χ2n) is 8.66. The number of rotatable bonds is 4. The molecule has 0 unspecified atom stereocenters. The molecule has 1 N–H and O–H groups in total. The molecule has 5 nitrogen and oxygen atoms in total. The molecule has 0 atom stereocenters. The van der Waals surface area contributed by atoms with Crippen molar-refractivity contribution in [3.05, 3.63) is 12.3 Å². The molecule has 4 saturated carbocycles. The summed E-state index contributed by atoms with van der Waals surface area (Å²) in [5, 5.41) is 3.52. The van der Waals surface area contributed by atoms with Crippen LogP contribution in [0.4, 0.5) is 11.8 Å². The van der Waals surface area contributed by atoms with Crippen molar-refractivity contribution >= 4 is 17.7 Å². The molecule has 5 fully saturated rings. The number of anilines is 2. The maximum atomic E-state index is 11.9. The van der Waals surface area contributed by atoms with Crippen molar-refractivity contribution in [2.24, 2.45) is 23.2 Å². The van der Waals surface area contributed by atoms with Gasteiger partial charge in [-0.3, -0.25) is 9.69 Å². The Bertz CT molecular complexity index is 623. The SMILES string of the molecule is O=C1CCCN1c1ccnc(NCC23CC4CC(CC(C4)C2)C3)n1. The molecule has 1 saturated heterocycles. The van der Waals surface area contributed by atoms with Gasteiger partial charge in [-0.05, 0) is 74.2 Å². The van der Waals surface area contributed by atoms with Gasteiger partial charge in [-0.2, -0.15) is 4.98 Å². The average molecular weight is 326 g/mol. The number of amides is 1. The number of hydrogen-bond donors (Lipinski definition) is 1. The number of hydrogen-bond acceptors (Lipinski definition) is 4. The van der Waals surface area contributed by atoms with E-state index in [1.807, 2.05) is 6.07 Å². The number of aromatic nitrogens is 2. The zero-order valence-corrected chi connectivity index (χ0v) is 14.2. The van der Waals surface area contributed by atoms with Crippen LogP contribution in [0, 0.1) is 23.2 Å². The van der Waals surface area contributed by atoms with Crippen LogP contribution in [0.1, 0.15) is 51.4 Å². The molecule has 4 bridgehead atoms. The van der Waals surface area contributed by atoms with Gasteiger partial charge < -0.3 is 5.32 Å². The van der Waals surface area contributed by atoms with E-state index in [2.05, 4.69) is 15.3 Å². The van der Waals surface area contributed by atoms with Crippen LogP contribution in [-0.2, 0) is 4.79 Å². The molecule has 24 heavy (non-hydrogen) atoms. The summed E-state index contributed by atoms with van der Waals surface area (Å²) >= 11 is 0. The van der Waals surface area contributed by atoms with E-state index in [1.165, 1.54) is 38.5 Å². The van der Waals surface area contributed by atoms with Crippen LogP contribution < -0.4 is 10.2 Å². The lowest BCUT2D eigenvalue weighted by Gasteiger charge is -2.56. The molecule has 5 heteroatoms. The normalized spacial score (nSPS) is 37.2. The first-order valence-corrected chi connectivity index (χ1v) is 9.56. The lowest BCUT2D eigenvalue weighted by molar-refractivity contribution is -0.117. The molecule has 1 aliphatic heterocycles. The van der Waals surface area contributed by atoms with Gasteiger partial charge in [0.2, 0.25) is 11.9 Å². The minimum Gasteiger partial charge on any atom is -0.354 e. The van der Waals surface area contributed by atoms with Crippen LogP contribution in [0.2, 0.25) is 0 Å². The molecular weight excluding hydrogens is 300 g/mol. The highest BCUT2D eigenvalue weighted by Crippen LogP contribution is 2.59. The van der Waals surface area contributed by atoms with Crippen molar-refractivity contribution in [3.63, 3.8) is 0 Å². The van der Waals surface area contributed by atoms with Gasteiger partial charge in [-0.1, -0.05) is 0 Å². The van der Waals surface area contributed by atoms with Crippen LogP contribution in [0.3, 0.4) is 0 Å². The standard InChI is InChI=1S/C19H26N4O/c24-17-2-1-5-23(17)16-3-4-20-18(22-16)21-12-19-9-13-6-14(10-19)8-15(7-13)11-19/h3-4,13-15H,1-2,5-12H2,(H,20,21,22). The van der Waals surface area contributed by atoms with E-state index in [4.69, 9.17) is 0 Å². The predicted octanol–water partition coefficient (Wildman–Crippen LogP) is 3.23. The molecule has 6 rings (SSSR count). The summed E-state index contributed by atoms with van der Waals surface area (Å²) < 4.78 is 0. The van der Waals surface area contributed by atoms with Crippen LogP contribution in [0.25, 0.3) is 0 Å². The summed E-state index contributed by atoms with van der Waals surface area (Å²) in [4.78, 5) is 22.7. The minimum absolute atomic E-state index is 0.181. The molecule has 0 spiro atoms. The van der Waals surface area contributed by atoms with Gasteiger partial charge in [-0.15, -0.1) is 0 Å². The largest absolute Gasteiger partial charge is 0.354 e. The summed E-state index contributed by atoms with van der Waals surface area (Å²) in [7, 11) is 0. The van der Waals surface area contributed by atoms with Gasteiger partial charge in [-0.25, -0.2) is 4.98 Å². The van der Waals surface area contributed by atoms with Crippen molar-refractivity contribution < 1.29 is 4.79 Å². The molecule has 0 radical (unpaired) electrons. The molecule has 4 aliphatic carbocycles. The van der Waals surface area contributed by atoms with E-state index < -0.39 is 0 Å². The Morgan fingerprint density at radius 1 is 1.17 bits per heavy atom. The Balaban J connectivity index is 1.29. The van der Waals surface area contributed by atoms with Crippen molar-refractivity contribution in [3.8, 4) is 0 Å². The summed E-state index contributed by atoms with van der Waals surface area (Å²) in [6.07, 6.45) is 11.9. The topological polar surface area (TPSA) is 58.1 Å². The predicted molar refractivity (Wildman–Crippen MR) is 92.7 cm³/mol. The second kappa shape index (κ2) is 5.43. The van der Waals surface area contributed by atoms with Crippen LogP contribution in [0.15, 0.2) is 12.3 Å². The Kier molecular flexibility index (Phi) is 3.32. The second-order valence-corrected chi connectivity index (χ2v) is 8.66. The number of nitrogens with one attached hydrogen (secondary N) is 1. The first-order chi connectivity index (χ1) is 11.7. The molecule has 128 valence electrons.